The predicted molar refractivity (Wildman–Crippen MR) is 175 cm³/mol. The second kappa shape index (κ2) is 8.84. The van der Waals surface area contributed by atoms with Crippen molar-refractivity contribution in [3.63, 3.8) is 0 Å². The Morgan fingerprint density at radius 3 is 1.70 bits per heavy atom. The third kappa shape index (κ3) is 3.35. The van der Waals surface area contributed by atoms with E-state index in [2.05, 4.69) is 150 Å². The first-order valence-electron chi connectivity index (χ1n) is 13.6. The van der Waals surface area contributed by atoms with Crippen LogP contribution in [0.1, 0.15) is 10.4 Å². The molecular formula is C37H26N2S. The molecule has 0 spiro atoms. The number of thiophene rings is 1. The molecule has 5 aromatic carbocycles. The van der Waals surface area contributed by atoms with Crippen LogP contribution in [0.15, 0.2) is 128 Å². The summed E-state index contributed by atoms with van der Waals surface area (Å²) in [4.78, 5) is 1.26. The van der Waals surface area contributed by atoms with Gasteiger partial charge in [-0.3, -0.25) is 0 Å². The molecule has 8 rings (SSSR count). The lowest BCUT2D eigenvalue weighted by Gasteiger charge is -2.08. The molecule has 3 heterocycles. The Balaban J connectivity index is 1.22. The normalized spacial score (nSPS) is 12.1. The first-order valence-corrected chi connectivity index (χ1v) is 14.4. The second-order valence-electron chi connectivity index (χ2n) is 10.3. The number of rotatable bonds is 4. The van der Waals surface area contributed by atoms with Crippen molar-refractivity contribution < 1.29 is 0 Å². The molecular weight excluding hydrogens is 504 g/mol. The van der Waals surface area contributed by atoms with Crippen LogP contribution in [0, 0.1) is 6.92 Å². The van der Waals surface area contributed by atoms with Gasteiger partial charge in [-0.1, -0.05) is 79.4 Å². The van der Waals surface area contributed by atoms with E-state index in [1.807, 2.05) is 11.3 Å². The summed E-state index contributed by atoms with van der Waals surface area (Å²) < 4.78 is 5.95. The summed E-state index contributed by atoms with van der Waals surface area (Å²) in [6.45, 7) is 6.71. The highest BCUT2D eigenvalue weighted by molar-refractivity contribution is 7.20. The van der Waals surface area contributed by atoms with Crippen molar-refractivity contribution in [2.24, 2.45) is 0 Å². The van der Waals surface area contributed by atoms with Crippen molar-refractivity contribution in [2.75, 3.05) is 0 Å². The number of benzene rings is 5. The van der Waals surface area contributed by atoms with Crippen LogP contribution in [-0.2, 0) is 0 Å². The molecule has 0 aliphatic heterocycles. The van der Waals surface area contributed by atoms with Gasteiger partial charge in [-0.25, -0.2) is 0 Å². The summed E-state index contributed by atoms with van der Waals surface area (Å²) >= 11 is 1.84. The Morgan fingerprint density at radius 1 is 0.625 bits per heavy atom. The zero-order valence-electron chi connectivity index (χ0n) is 22.1. The molecule has 40 heavy (non-hydrogen) atoms. The quantitative estimate of drug-likeness (QED) is 0.200. The minimum atomic E-state index is 0.959. The van der Waals surface area contributed by atoms with Crippen LogP contribution in [0.5, 0.6) is 0 Å². The Hall–Kier alpha value is -4.86. The van der Waals surface area contributed by atoms with Gasteiger partial charge in [0.2, 0.25) is 0 Å². The first kappa shape index (κ1) is 23.1. The minimum absolute atomic E-state index is 0.959. The third-order valence-corrected chi connectivity index (χ3v) is 9.33. The fraction of sp³-hybridized carbons (Fsp3) is 0.0270. The number of aryl methyl sites for hydroxylation is 1. The Morgan fingerprint density at radius 2 is 1.12 bits per heavy atom. The van der Waals surface area contributed by atoms with Crippen molar-refractivity contribution in [3.05, 3.63) is 138 Å². The standard InChI is InChI=1S/C37H26N2S/c1-24(38-32-15-7-3-11-27(32)28-12-4-8-16-33(28)38)19-21-36-25(2)31-23-26(20-22-37(31)40-36)39-34-17-9-5-13-29(34)30-14-6-10-18-35(30)39/h3-23H,1H2,2H3/b21-19-. The average Bonchev–Trinajstić information content (AvgIpc) is 3.63. The smallest absolute Gasteiger partial charge is 0.0541 e. The number of allylic oxidation sites excluding steroid dienone is 2. The molecule has 0 N–H and O–H groups in total. The summed E-state index contributed by atoms with van der Waals surface area (Å²) in [5.74, 6) is 0. The molecule has 0 aliphatic rings. The molecule has 0 radical (unpaired) electrons. The van der Waals surface area contributed by atoms with Crippen molar-refractivity contribution in [1.82, 2.24) is 9.13 Å². The van der Waals surface area contributed by atoms with Crippen LogP contribution in [0.4, 0.5) is 0 Å². The van der Waals surface area contributed by atoms with E-state index in [0.717, 1.165) is 5.70 Å². The average molecular weight is 531 g/mol. The van der Waals surface area contributed by atoms with Crippen molar-refractivity contribution in [1.29, 1.82) is 0 Å². The number of hydrogen-bond acceptors (Lipinski definition) is 1. The SMILES string of the molecule is C=C(/C=C\c1sc2ccc(-n3c4ccccc4c4ccccc43)cc2c1C)n1c2ccccc2c2ccccc21. The van der Waals surface area contributed by atoms with Gasteiger partial charge >= 0.3 is 0 Å². The molecule has 0 bridgehead atoms. The van der Waals surface area contributed by atoms with Gasteiger partial charge in [0.15, 0.2) is 0 Å². The summed E-state index contributed by atoms with van der Waals surface area (Å²) in [6.07, 6.45) is 4.39. The van der Waals surface area contributed by atoms with Crippen LogP contribution >= 0.6 is 11.3 Å². The van der Waals surface area contributed by atoms with Crippen LogP contribution in [0.25, 0.3) is 71.2 Å². The summed E-state index contributed by atoms with van der Waals surface area (Å²) in [5, 5.41) is 6.37. The number of hydrogen-bond donors (Lipinski definition) is 0. The highest BCUT2D eigenvalue weighted by atomic mass is 32.1. The van der Waals surface area contributed by atoms with Gasteiger partial charge in [0.25, 0.3) is 0 Å². The minimum Gasteiger partial charge on any atom is -0.310 e. The van der Waals surface area contributed by atoms with Crippen LogP contribution in [-0.4, -0.2) is 9.13 Å². The fourth-order valence-electron chi connectivity index (χ4n) is 6.20. The molecule has 0 unspecified atom stereocenters. The van der Waals surface area contributed by atoms with Gasteiger partial charge in [0, 0.05) is 42.5 Å². The van der Waals surface area contributed by atoms with Gasteiger partial charge in [0.05, 0.1) is 22.1 Å². The molecule has 0 saturated carbocycles. The van der Waals surface area contributed by atoms with Gasteiger partial charge in [-0.15, -0.1) is 11.3 Å². The largest absolute Gasteiger partial charge is 0.310 e. The topological polar surface area (TPSA) is 9.86 Å². The Labute approximate surface area is 236 Å². The van der Waals surface area contributed by atoms with E-state index in [0.29, 0.717) is 0 Å². The lowest BCUT2D eigenvalue weighted by atomic mass is 10.1. The molecule has 190 valence electrons. The number of nitrogens with zero attached hydrogens (tertiary/aromatic N) is 2. The zero-order valence-corrected chi connectivity index (χ0v) is 23.0. The maximum atomic E-state index is 4.48. The van der Waals surface area contributed by atoms with E-state index in [4.69, 9.17) is 0 Å². The van der Waals surface area contributed by atoms with Crippen molar-refractivity contribution in [2.45, 2.75) is 6.92 Å². The summed E-state index contributed by atoms with van der Waals surface area (Å²) in [5.41, 5.74) is 8.28. The highest BCUT2D eigenvalue weighted by Crippen LogP contribution is 2.37. The van der Waals surface area contributed by atoms with Crippen LogP contribution < -0.4 is 0 Å². The van der Waals surface area contributed by atoms with Crippen LogP contribution in [0.3, 0.4) is 0 Å². The van der Waals surface area contributed by atoms with E-state index in [1.54, 1.807) is 0 Å². The maximum absolute atomic E-state index is 4.48. The lowest BCUT2D eigenvalue weighted by molar-refractivity contribution is 1.19. The molecule has 3 heteroatoms. The first-order chi connectivity index (χ1) is 19.7. The Bertz CT molecular complexity index is 2200. The monoisotopic (exact) mass is 530 g/mol. The molecule has 0 atom stereocenters. The zero-order chi connectivity index (χ0) is 26.8. The van der Waals surface area contributed by atoms with Crippen molar-refractivity contribution >= 4 is 76.8 Å². The van der Waals surface area contributed by atoms with Gasteiger partial charge in [0.1, 0.15) is 0 Å². The van der Waals surface area contributed by atoms with E-state index in [1.165, 1.54) is 69.8 Å². The van der Waals surface area contributed by atoms with Crippen molar-refractivity contribution in [3.8, 4) is 5.69 Å². The molecule has 0 aliphatic carbocycles. The lowest BCUT2D eigenvalue weighted by Crippen LogP contribution is -1.93. The van der Waals surface area contributed by atoms with E-state index in [9.17, 15) is 0 Å². The number of para-hydroxylation sites is 4. The van der Waals surface area contributed by atoms with E-state index >= 15 is 0 Å². The molecule has 2 nitrogen and oxygen atoms in total. The molecule has 0 amide bonds. The molecule has 0 saturated heterocycles. The fourth-order valence-corrected chi connectivity index (χ4v) is 7.30. The van der Waals surface area contributed by atoms with Gasteiger partial charge < -0.3 is 9.13 Å². The summed E-state index contributed by atoms with van der Waals surface area (Å²) in [6, 6.07) is 41.4. The number of fused-ring (bicyclic) bond motifs is 7. The van der Waals surface area contributed by atoms with E-state index in [-0.39, 0.29) is 0 Å². The predicted octanol–water partition coefficient (Wildman–Crippen LogP) is 10.6. The summed E-state index contributed by atoms with van der Waals surface area (Å²) in [7, 11) is 0. The van der Waals surface area contributed by atoms with E-state index < -0.39 is 0 Å². The third-order valence-electron chi connectivity index (χ3n) is 8.09. The second-order valence-corrected chi connectivity index (χ2v) is 11.4. The molecule has 0 fully saturated rings. The highest BCUT2D eigenvalue weighted by Gasteiger charge is 2.14. The number of aromatic nitrogens is 2. The maximum Gasteiger partial charge on any atom is 0.0541 e. The van der Waals surface area contributed by atoms with Gasteiger partial charge in [-0.05, 0) is 72.5 Å². The Kier molecular flexibility index (Phi) is 5.10. The molecule has 8 aromatic rings. The van der Waals surface area contributed by atoms with Crippen LogP contribution in [0.2, 0.25) is 0 Å². The molecule has 3 aromatic heterocycles. The van der Waals surface area contributed by atoms with Gasteiger partial charge in [-0.2, -0.15) is 0 Å².